The molecule has 1 aromatic heterocycles. The lowest BCUT2D eigenvalue weighted by molar-refractivity contribution is 0.0949. The first-order chi connectivity index (χ1) is 9.04. The molecule has 5 nitrogen and oxygen atoms in total. The smallest absolute Gasteiger partial charge is 0.288 e. The number of nitrogens with zero attached hydrogens (tertiary/aromatic N) is 3. The third-order valence-corrected chi connectivity index (χ3v) is 2.79. The zero-order chi connectivity index (χ0) is 14.0. The van der Waals surface area contributed by atoms with Crippen LogP contribution in [0, 0.1) is 11.6 Å². The lowest BCUT2D eigenvalue weighted by atomic mass is 10.1. The van der Waals surface area contributed by atoms with Crippen LogP contribution in [0.15, 0.2) is 18.2 Å². The number of amides is 1. The number of halogens is 2. The maximum Gasteiger partial charge on any atom is 0.288 e. The Balaban J connectivity index is 2.35. The maximum atomic E-state index is 13.5. The van der Waals surface area contributed by atoms with Gasteiger partial charge in [0.1, 0.15) is 17.5 Å². The number of hydrogen-bond acceptors (Lipinski definition) is 3. The minimum atomic E-state index is -0.649. The van der Waals surface area contributed by atoms with E-state index in [1.54, 1.807) is 7.05 Å². The zero-order valence-corrected chi connectivity index (χ0v) is 10.4. The Bertz CT molecular complexity index is 604. The first-order valence-corrected chi connectivity index (χ1v) is 5.57. The molecule has 0 aliphatic carbocycles. The highest BCUT2D eigenvalue weighted by atomic mass is 19.1. The summed E-state index contributed by atoms with van der Waals surface area (Å²) in [4.78, 5) is 11.5. The summed E-state index contributed by atoms with van der Waals surface area (Å²) in [5, 5.41) is 9.89. The van der Waals surface area contributed by atoms with Crippen molar-refractivity contribution in [2.24, 2.45) is 7.05 Å². The van der Waals surface area contributed by atoms with Crippen LogP contribution in [-0.2, 0) is 13.5 Å². The molecule has 0 unspecified atom stereocenters. The number of benzene rings is 1. The van der Waals surface area contributed by atoms with Crippen LogP contribution in [0.1, 0.15) is 22.0 Å². The molecule has 0 aliphatic rings. The van der Waals surface area contributed by atoms with E-state index < -0.39 is 17.5 Å². The number of rotatable bonds is 3. The Kier molecular flexibility index (Phi) is 3.55. The molecule has 1 aromatic carbocycles. The summed E-state index contributed by atoms with van der Waals surface area (Å²) >= 11 is 0. The fourth-order valence-corrected chi connectivity index (χ4v) is 1.68. The predicted molar refractivity (Wildman–Crippen MR) is 63.6 cm³/mol. The van der Waals surface area contributed by atoms with Crippen molar-refractivity contribution in [3.63, 3.8) is 0 Å². The number of carbonyl (C=O) groups excluding carboxylic acids is 1. The average molecular weight is 266 g/mol. The van der Waals surface area contributed by atoms with Gasteiger partial charge in [-0.1, -0.05) is 6.07 Å². The summed E-state index contributed by atoms with van der Waals surface area (Å²) in [6, 6.07) is 3.64. The van der Waals surface area contributed by atoms with E-state index in [-0.39, 0.29) is 17.8 Å². The second-order valence-electron chi connectivity index (χ2n) is 3.95. The molecular weight excluding hydrogens is 254 g/mol. The van der Waals surface area contributed by atoms with Crippen molar-refractivity contribution < 1.29 is 13.6 Å². The summed E-state index contributed by atoms with van der Waals surface area (Å²) in [6.45, 7) is 0. The molecule has 1 heterocycles. The summed E-state index contributed by atoms with van der Waals surface area (Å²) < 4.78 is 28.5. The first-order valence-electron chi connectivity index (χ1n) is 5.57. The molecule has 1 N–H and O–H groups in total. The quantitative estimate of drug-likeness (QED) is 0.903. The average Bonchev–Trinajstić information content (AvgIpc) is 2.75. The molecule has 0 saturated heterocycles. The first kappa shape index (κ1) is 13.1. The van der Waals surface area contributed by atoms with Gasteiger partial charge in [-0.15, -0.1) is 10.2 Å². The van der Waals surface area contributed by atoms with Crippen molar-refractivity contribution in [2.75, 3.05) is 7.05 Å². The van der Waals surface area contributed by atoms with Crippen molar-refractivity contribution in [1.82, 2.24) is 20.1 Å². The summed E-state index contributed by atoms with van der Waals surface area (Å²) in [7, 11) is 3.03. The molecular formula is C12H12F2N4O. The molecule has 19 heavy (non-hydrogen) atoms. The van der Waals surface area contributed by atoms with Crippen LogP contribution in [0.2, 0.25) is 0 Å². The van der Waals surface area contributed by atoms with E-state index >= 15 is 0 Å². The van der Waals surface area contributed by atoms with Crippen LogP contribution in [0.25, 0.3) is 0 Å². The van der Waals surface area contributed by atoms with Crippen molar-refractivity contribution >= 4 is 5.91 Å². The number of nitrogens with one attached hydrogen (secondary N) is 1. The lowest BCUT2D eigenvalue weighted by Crippen LogP contribution is -2.22. The molecule has 0 spiro atoms. The monoisotopic (exact) mass is 266 g/mol. The summed E-state index contributed by atoms with van der Waals surface area (Å²) in [5.41, 5.74) is -0.0959. The van der Waals surface area contributed by atoms with Gasteiger partial charge in [0.2, 0.25) is 5.82 Å². The van der Waals surface area contributed by atoms with Gasteiger partial charge in [-0.2, -0.15) is 0 Å². The van der Waals surface area contributed by atoms with Gasteiger partial charge in [0, 0.05) is 26.1 Å². The molecule has 0 bridgehead atoms. The maximum absolute atomic E-state index is 13.5. The summed E-state index contributed by atoms with van der Waals surface area (Å²) in [6.07, 6.45) is -0.0704. The van der Waals surface area contributed by atoms with E-state index in [0.29, 0.717) is 5.82 Å². The third-order valence-electron chi connectivity index (χ3n) is 2.79. The second-order valence-corrected chi connectivity index (χ2v) is 3.95. The van der Waals surface area contributed by atoms with Gasteiger partial charge in [-0.3, -0.25) is 4.79 Å². The van der Waals surface area contributed by atoms with Gasteiger partial charge < -0.3 is 9.88 Å². The van der Waals surface area contributed by atoms with Gasteiger partial charge in [0.05, 0.1) is 0 Å². The topological polar surface area (TPSA) is 59.8 Å². The molecule has 0 radical (unpaired) electrons. The molecule has 100 valence electrons. The van der Waals surface area contributed by atoms with Crippen LogP contribution in [0.3, 0.4) is 0 Å². The Hall–Kier alpha value is -2.31. The number of aromatic nitrogens is 3. The molecule has 7 heteroatoms. The zero-order valence-electron chi connectivity index (χ0n) is 10.4. The highest BCUT2D eigenvalue weighted by molar-refractivity contribution is 5.90. The van der Waals surface area contributed by atoms with Gasteiger partial charge in [0.25, 0.3) is 5.91 Å². The SMILES string of the molecule is CNC(=O)c1nnc(Cc2c(F)cccc2F)n1C. The van der Waals surface area contributed by atoms with Crippen LogP contribution >= 0.6 is 0 Å². The van der Waals surface area contributed by atoms with E-state index in [9.17, 15) is 13.6 Å². The van der Waals surface area contributed by atoms with Gasteiger partial charge in [0.15, 0.2) is 0 Å². The predicted octanol–water partition coefficient (Wildman–Crippen LogP) is 1.04. The van der Waals surface area contributed by atoms with Gasteiger partial charge in [-0.25, -0.2) is 8.78 Å². The van der Waals surface area contributed by atoms with Gasteiger partial charge in [-0.05, 0) is 12.1 Å². The van der Waals surface area contributed by atoms with Crippen LogP contribution in [-0.4, -0.2) is 27.7 Å². The molecule has 0 saturated carbocycles. The van der Waals surface area contributed by atoms with Crippen molar-refractivity contribution in [3.05, 3.63) is 47.0 Å². The number of carbonyl (C=O) groups is 1. The van der Waals surface area contributed by atoms with Crippen LogP contribution in [0.5, 0.6) is 0 Å². The normalized spacial score (nSPS) is 10.5. The molecule has 2 aromatic rings. The number of hydrogen-bond donors (Lipinski definition) is 1. The fraction of sp³-hybridized carbons (Fsp3) is 0.250. The highest BCUT2D eigenvalue weighted by Gasteiger charge is 2.17. The Morgan fingerprint density at radius 2 is 1.95 bits per heavy atom. The lowest BCUT2D eigenvalue weighted by Gasteiger charge is -2.05. The Morgan fingerprint density at radius 1 is 1.32 bits per heavy atom. The molecule has 1 amide bonds. The van der Waals surface area contributed by atoms with Gasteiger partial charge >= 0.3 is 0 Å². The molecule has 2 rings (SSSR count). The van der Waals surface area contributed by atoms with Crippen LogP contribution < -0.4 is 5.32 Å². The Morgan fingerprint density at radius 3 is 2.53 bits per heavy atom. The third kappa shape index (κ3) is 2.44. The Labute approximate surface area is 108 Å². The highest BCUT2D eigenvalue weighted by Crippen LogP contribution is 2.16. The second kappa shape index (κ2) is 5.13. The molecule has 0 fully saturated rings. The minimum absolute atomic E-state index is 0.0704. The van der Waals surface area contributed by atoms with E-state index in [4.69, 9.17) is 0 Å². The largest absolute Gasteiger partial charge is 0.352 e. The van der Waals surface area contributed by atoms with E-state index in [0.717, 1.165) is 0 Å². The molecule has 0 atom stereocenters. The summed E-state index contributed by atoms with van der Waals surface area (Å²) in [5.74, 6) is -1.30. The fourth-order valence-electron chi connectivity index (χ4n) is 1.68. The van der Waals surface area contributed by atoms with Crippen molar-refractivity contribution in [1.29, 1.82) is 0 Å². The molecule has 0 aliphatic heterocycles. The standard InChI is InChI=1S/C12H12F2N4O/c1-15-12(19)11-17-16-10(18(11)2)6-7-8(13)4-3-5-9(7)14/h3-5H,6H2,1-2H3,(H,15,19). The van der Waals surface area contributed by atoms with E-state index in [1.165, 1.54) is 29.8 Å². The minimum Gasteiger partial charge on any atom is -0.352 e. The van der Waals surface area contributed by atoms with Crippen molar-refractivity contribution in [3.8, 4) is 0 Å². The van der Waals surface area contributed by atoms with Crippen LogP contribution in [0.4, 0.5) is 8.78 Å². The van der Waals surface area contributed by atoms with Crippen molar-refractivity contribution in [2.45, 2.75) is 6.42 Å². The van der Waals surface area contributed by atoms with E-state index in [1.807, 2.05) is 0 Å². The van der Waals surface area contributed by atoms with E-state index in [2.05, 4.69) is 15.5 Å².